The topological polar surface area (TPSA) is 41.6 Å². The molecule has 0 heterocycles. The molecule has 0 fully saturated rings. The second kappa shape index (κ2) is 8.17. The van der Waals surface area contributed by atoms with Gasteiger partial charge in [-0.05, 0) is 36.7 Å². The maximum absolute atomic E-state index is 11.8. The monoisotopic (exact) mass is 328 g/mol. The van der Waals surface area contributed by atoms with E-state index in [-0.39, 0.29) is 5.91 Å². The SMILES string of the molecule is CCNCC(=O)N(C)CCc1cc(Br)ccc1OC. The van der Waals surface area contributed by atoms with Gasteiger partial charge in [0.2, 0.25) is 5.91 Å². The molecule has 1 aromatic carbocycles. The van der Waals surface area contributed by atoms with E-state index in [9.17, 15) is 4.79 Å². The van der Waals surface area contributed by atoms with Crippen molar-refractivity contribution in [3.05, 3.63) is 28.2 Å². The fourth-order valence-corrected chi connectivity index (χ4v) is 2.13. The number of carbonyl (C=O) groups is 1. The molecule has 1 aromatic rings. The minimum atomic E-state index is 0.107. The molecular formula is C14H21BrN2O2. The molecule has 4 nitrogen and oxygen atoms in total. The number of halogens is 1. The predicted molar refractivity (Wildman–Crippen MR) is 80.6 cm³/mol. The molecule has 1 N–H and O–H groups in total. The smallest absolute Gasteiger partial charge is 0.236 e. The lowest BCUT2D eigenvalue weighted by atomic mass is 10.1. The van der Waals surface area contributed by atoms with Crippen molar-refractivity contribution in [3.8, 4) is 5.75 Å². The number of nitrogens with zero attached hydrogens (tertiary/aromatic N) is 1. The van der Waals surface area contributed by atoms with Gasteiger partial charge >= 0.3 is 0 Å². The number of hydrogen-bond acceptors (Lipinski definition) is 3. The summed E-state index contributed by atoms with van der Waals surface area (Å²) in [6, 6.07) is 5.91. The van der Waals surface area contributed by atoms with E-state index in [0.717, 1.165) is 28.8 Å². The fourth-order valence-electron chi connectivity index (χ4n) is 1.72. The molecule has 0 aliphatic heterocycles. The van der Waals surface area contributed by atoms with Gasteiger partial charge in [0.1, 0.15) is 5.75 Å². The van der Waals surface area contributed by atoms with Crippen LogP contribution in [0, 0.1) is 0 Å². The highest BCUT2D eigenvalue weighted by molar-refractivity contribution is 9.10. The number of carbonyl (C=O) groups excluding carboxylic acids is 1. The van der Waals surface area contributed by atoms with Crippen molar-refractivity contribution in [2.75, 3.05) is 33.8 Å². The van der Waals surface area contributed by atoms with Gasteiger partial charge in [-0.3, -0.25) is 4.79 Å². The van der Waals surface area contributed by atoms with Crippen LogP contribution in [0.5, 0.6) is 5.75 Å². The fraction of sp³-hybridized carbons (Fsp3) is 0.500. The Balaban J connectivity index is 2.56. The Kier molecular flexibility index (Phi) is 6.87. The Hall–Kier alpha value is -1.07. The van der Waals surface area contributed by atoms with E-state index in [4.69, 9.17) is 4.74 Å². The van der Waals surface area contributed by atoms with Crippen LogP contribution in [-0.2, 0) is 11.2 Å². The third kappa shape index (κ3) is 5.20. The number of ether oxygens (including phenoxy) is 1. The molecule has 0 spiro atoms. The van der Waals surface area contributed by atoms with Gasteiger partial charge in [0.25, 0.3) is 0 Å². The average Bonchev–Trinajstić information content (AvgIpc) is 2.42. The van der Waals surface area contributed by atoms with Crippen molar-refractivity contribution in [1.82, 2.24) is 10.2 Å². The van der Waals surface area contributed by atoms with Gasteiger partial charge in [-0.15, -0.1) is 0 Å². The van der Waals surface area contributed by atoms with Crippen LogP contribution in [0.4, 0.5) is 0 Å². The molecule has 0 atom stereocenters. The number of benzene rings is 1. The quantitative estimate of drug-likeness (QED) is 0.833. The van der Waals surface area contributed by atoms with Crippen LogP contribution >= 0.6 is 15.9 Å². The molecule has 1 rings (SSSR count). The minimum Gasteiger partial charge on any atom is -0.496 e. The number of methoxy groups -OCH3 is 1. The van der Waals surface area contributed by atoms with E-state index in [1.54, 1.807) is 12.0 Å². The predicted octanol–water partition coefficient (Wildman–Crippen LogP) is 2.07. The highest BCUT2D eigenvalue weighted by atomic mass is 79.9. The highest BCUT2D eigenvalue weighted by Crippen LogP contribution is 2.23. The summed E-state index contributed by atoms with van der Waals surface area (Å²) in [5.41, 5.74) is 1.10. The molecule has 0 aliphatic carbocycles. The first-order valence-electron chi connectivity index (χ1n) is 6.35. The van der Waals surface area contributed by atoms with Gasteiger partial charge in [-0.25, -0.2) is 0 Å². The van der Waals surface area contributed by atoms with Crippen LogP contribution in [0.1, 0.15) is 12.5 Å². The molecule has 0 aliphatic rings. The van der Waals surface area contributed by atoms with E-state index < -0.39 is 0 Å². The van der Waals surface area contributed by atoms with Gasteiger partial charge in [0.15, 0.2) is 0 Å². The summed E-state index contributed by atoms with van der Waals surface area (Å²) in [4.78, 5) is 13.5. The molecular weight excluding hydrogens is 308 g/mol. The summed E-state index contributed by atoms with van der Waals surface area (Å²) in [6.45, 7) is 3.86. The highest BCUT2D eigenvalue weighted by Gasteiger charge is 2.10. The Morgan fingerprint density at radius 2 is 2.21 bits per heavy atom. The molecule has 0 radical (unpaired) electrons. The maximum Gasteiger partial charge on any atom is 0.236 e. The summed E-state index contributed by atoms with van der Waals surface area (Å²) in [6.07, 6.45) is 0.775. The van der Waals surface area contributed by atoms with Crippen LogP contribution in [0.2, 0.25) is 0 Å². The molecule has 19 heavy (non-hydrogen) atoms. The first-order valence-corrected chi connectivity index (χ1v) is 7.14. The average molecular weight is 329 g/mol. The zero-order valence-corrected chi connectivity index (χ0v) is 13.3. The van der Waals surface area contributed by atoms with Gasteiger partial charge in [0, 0.05) is 18.1 Å². The Labute approximate surface area is 123 Å². The largest absolute Gasteiger partial charge is 0.496 e. The molecule has 0 saturated heterocycles. The lowest BCUT2D eigenvalue weighted by Gasteiger charge is -2.18. The number of nitrogens with one attached hydrogen (secondary N) is 1. The van der Waals surface area contributed by atoms with Crippen molar-refractivity contribution < 1.29 is 9.53 Å². The van der Waals surface area contributed by atoms with Gasteiger partial charge < -0.3 is 15.0 Å². The minimum absolute atomic E-state index is 0.107. The summed E-state index contributed by atoms with van der Waals surface area (Å²) in [7, 11) is 3.48. The molecule has 5 heteroatoms. The third-order valence-electron chi connectivity index (χ3n) is 2.91. The van der Waals surface area contributed by atoms with Crippen molar-refractivity contribution in [2.24, 2.45) is 0 Å². The van der Waals surface area contributed by atoms with Crippen LogP contribution in [-0.4, -0.2) is 44.6 Å². The summed E-state index contributed by atoms with van der Waals surface area (Å²) in [5, 5.41) is 3.04. The third-order valence-corrected chi connectivity index (χ3v) is 3.40. The Morgan fingerprint density at radius 1 is 1.47 bits per heavy atom. The standard InChI is InChI=1S/C14H21BrN2O2/c1-4-16-10-14(18)17(2)8-7-11-9-12(15)5-6-13(11)19-3/h5-6,9,16H,4,7-8,10H2,1-3H3. The lowest BCUT2D eigenvalue weighted by molar-refractivity contribution is -0.128. The summed E-state index contributed by atoms with van der Waals surface area (Å²) < 4.78 is 6.34. The Morgan fingerprint density at radius 3 is 2.84 bits per heavy atom. The van der Waals surface area contributed by atoms with Gasteiger partial charge in [0.05, 0.1) is 13.7 Å². The van der Waals surface area contributed by atoms with Crippen molar-refractivity contribution in [3.63, 3.8) is 0 Å². The van der Waals surface area contributed by atoms with E-state index in [1.165, 1.54) is 0 Å². The maximum atomic E-state index is 11.8. The molecule has 0 bridgehead atoms. The molecule has 106 valence electrons. The normalized spacial score (nSPS) is 10.3. The van der Waals surface area contributed by atoms with Crippen LogP contribution in [0.25, 0.3) is 0 Å². The van der Waals surface area contributed by atoms with Crippen LogP contribution in [0.3, 0.4) is 0 Å². The number of rotatable bonds is 7. The second-order valence-electron chi connectivity index (χ2n) is 4.30. The molecule has 0 aromatic heterocycles. The van der Waals surface area contributed by atoms with Gasteiger partial charge in [-0.2, -0.15) is 0 Å². The lowest BCUT2D eigenvalue weighted by Crippen LogP contribution is -2.36. The first-order chi connectivity index (χ1) is 9.08. The molecule has 0 saturated carbocycles. The van der Waals surface area contributed by atoms with E-state index in [2.05, 4.69) is 21.2 Å². The van der Waals surface area contributed by atoms with Gasteiger partial charge in [-0.1, -0.05) is 22.9 Å². The zero-order chi connectivity index (χ0) is 14.3. The number of likely N-dealkylation sites (N-methyl/N-ethyl adjacent to an activating group) is 2. The van der Waals surface area contributed by atoms with Crippen molar-refractivity contribution in [1.29, 1.82) is 0 Å². The van der Waals surface area contributed by atoms with E-state index in [1.807, 2.05) is 32.2 Å². The van der Waals surface area contributed by atoms with Crippen molar-refractivity contribution in [2.45, 2.75) is 13.3 Å². The Bertz CT molecular complexity index is 424. The number of amides is 1. The van der Waals surface area contributed by atoms with Crippen LogP contribution < -0.4 is 10.1 Å². The molecule has 0 unspecified atom stereocenters. The molecule has 1 amide bonds. The number of hydrogen-bond donors (Lipinski definition) is 1. The van der Waals surface area contributed by atoms with Crippen molar-refractivity contribution >= 4 is 21.8 Å². The second-order valence-corrected chi connectivity index (χ2v) is 5.22. The summed E-state index contributed by atoms with van der Waals surface area (Å²) in [5.74, 6) is 0.964. The summed E-state index contributed by atoms with van der Waals surface area (Å²) >= 11 is 3.45. The van der Waals surface area contributed by atoms with Crippen LogP contribution in [0.15, 0.2) is 22.7 Å². The zero-order valence-electron chi connectivity index (χ0n) is 11.7. The van der Waals surface area contributed by atoms with E-state index in [0.29, 0.717) is 13.1 Å². The van der Waals surface area contributed by atoms with E-state index >= 15 is 0 Å². The first kappa shape index (κ1) is 16.0.